The maximum absolute atomic E-state index is 14.2. The third-order valence-corrected chi connectivity index (χ3v) is 4.78. The van der Waals surface area contributed by atoms with Crippen molar-refractivity contribution in [3.05, 3.63) is 94.9 Å². The zero-order valence-corrected chi connectivity index (χ0v) is 16.2. The third kappa shape index (κ3) is 3.79. The van der Waals surface area contributed by atoms with Gasteiger partial charge in [0.15, 0.2) is 0 Å². The molecule has 0 unspecified atom stereocenters. The molecule has 0 saturated heterocycles. The van der Waals surface area contributed by atoms with E-state index in [1.807, 2.05) is 12.1 Å². The van der Waals surface area contributed by atoms with Gasteiger partial charge in [-0.1, -0.05) is 48.0 Å². The minimum Gasteiger partial charge on any atom is -0.329 e. The number of carbonyl (C=O) groups excluding carboxylic acids is 1. The van der Waals surface area contributed by atoms with Gasteiger partial charge in [-0.25, -0.2) is 9.37 Å². The molecule has 0 aliphatic carbocycles. The van der Waals surface area contributed by atoms with E-state index in [4.69, 9.17) is 11.6 Å². The van der Waals surface area contributed by atoms with Gasteiger partial charge in [-0.2, -0.15) is 5.26 Å². The first-order valence-electron chi connectivity index (χ1n) is 8.98. The summed E-state index contributed by atoms with van der Waals surface area (Å²) >= 11 is 6.11. The van der Waals surface area contributed by atoms with Crippen molar-refractivity contribution in [3.63, 3.8) is 0 Å². The molecule has 0 aliphatic heterocycles. The summed E-state index contributed by atoms with van der Waals surface area (Å²) in [6.07, 6.45) is 0. The van der Waals surface area contributed by atoms with Crippen molar-refractivity contribution in [3.8, 4) is 28.7 Å². The normalized spacial score (nSPS) is 10.4. The van der Waals surface area contributed by atoms with Crippen molar-refractivity contribution >= 4 is 23.2 Å². The van der Waals surface area contributed by atoms with E-state index >= 15 is 0 Å². The Labute approximate surface area is 176 Å². The van der Waals surface area contributed by atoms with Crippen LogP contribution in [0.5, 0.6) is 0 Å². The molecule has 1 aromatic heterocycles. The van der Waals surface area contributed by atoms with E-state index in [0.29, 0.717) is 22.5 Å². The van der Waals surface area contributed by atoms with Gasteiger partial charge in [-0.05, 0) is 36.4 Å². The molecule has 3 aromatic carbocycles. The smallest absolute Gasteiger partial charge is 0.255 e. The first kappa shape index (κ1) is 19.4. The van der Waals surface area contributed by atoms with E-state index in [0.717, 1.165) is 0 Å². The summed E-state index contributed by atoms with van der Waals surface area (Å²) < 4.78 is 14.2. The van der Waals surface area contributed by atoms with Gasteiger partial charge in [0.05, 0.1) is 10.6 Å². The molecule has 146 valence electrons. The number of nitrogens with zero attached hydrogens (tertiary/aromatic N) is 2. The number of nitriles is 1. The number of halogens is 2. The number of anilines is 1. The maximum atomic E-state index is 14.2. The van der Waals surface area contributed by atoms with Crippen molar-refractivity contribution in [2.24, 2.45) is 0 Å². The van der Waals surface area contributed by atoms with Gasteiger partial charge < -0.3 is 10.3 Å². The number of amides is 1. The zero-order chi connectivity index (χ0) is 21.1. The van der Waals surface area contributed by atoms with E-state index < -0.39 is 5.82 Å². The first-order chi connectivity index (χ1) is 14.6. The van der Waals surface area contributed by atoms with Crippen molar-refractivity contribution < 1.29 is 9.18 Å². The van der Waals surface area contributed by atoms with Crippen LogP contribution >= 0.6 is 11.6 Å². The summed E-state index contributed by atoms with van der Waals surface area (Å²) in [5.74, 6) is -0.588. The summed E-state index contributed by atoms with van der Waals surface area (Å²) in [7, 11) is 0. The Bertz CT molecular complexity index is 1240. The topological polar surface area (TPSA) is 81.6 Å². The average molecular weight is 417 g/mol. The molecule has 0 bridgehead atoms. The molecular weight excluding hydrogens is 403 g/mol. The fourth-order valence-electron chi connectivity index (χ4n) is 3.01. The van der Waals surface area contributed by atoms with Crippen molar-refractivity contribution in [2.45, 2.75) is 0 Å². The van der Waals surface area contributed by atoms with Gasteiger partial charge in [-0.15, -0.1) is 0 Å². The van der Waals surface area contributed by atoms with Gasteiger partial charge in [0, 0.05) is 16.8 Å². The van der Waals surface area contributed by atoms with Gasteiger partial charge in [0.1, 0.15) is 29.1 Å². The Morgan fingerprint density at radius 1 is 1.03 bits per heavy atom. The lowest BCUT2D eigenvalue weighted by Gasteiger charge is -2.06. The molecule has 4 rings (SSSR count). The summed E-state index contributed by atoms with van der Waals surface area (Å²) in [5, 5.41) is 12.5. The van der Waals surface area contributed by atoms with Gasteiger partial charge in [-0.3, -0.25) is 4.79 Å². The maximum Gasteiger partial charge on any atom is 0.255 e. The lowest BCUT2D eigenvalue weighted by Crippen LogP contribution is -2.11. The van der Waals surface area contributed by atoms with E-state index in [1.54, 1.807) is 54.6 Å². The molecule has 7 heteroatoms. The summed E-state index contributed by atoms with van der Waals surface area (Å²) in [5.41, 5.74) is 2.44. The molecule has 0 saturated carbocycles. The molecule has 2 N–H and O–H groups in total. The number of H-pyrrole nitrogens is 1. The Morgan fingerprint density at radius 2 is 1.77 bits per heavy atom. The van der Waals surface area contributed by atoms with Gasteiger partial charge >= 0.3 is 0 Å². The molecule has 0 radical (unpaired) electrons. The van der Waals surface area contributed by atoms with Crippen LogP contribution in [0.4, 0.5) is 10.1 Å². The Balaban J connectivity index is 1.63. The summed E-state index contributed by atoms with van der Waals surface area (Å²) in [4.78, 5) is 19.5. The summed E-state index contributed by atoms with van der Waals surface area (Å²) in [6.45, 7) is 0. The quantitative estimate of drug-likeness (QED) is 0.450. The summed E-state index contributed by atoms with van der Waals surface area (Å²) in [6, 6.07) is 22.1. The number of benzene rings is 3. The fraction of sp³-hybridized carbons (Fsp3) is 0. The van der Waals surface area contributed by atoms with Crippen LogP contribution in [0.3, 0.4) is 0 Å². The molecular formula is C23H14ClFN4O. The fourth-order valence-corrected chi connectivity index (χ4v) is 3.26. The molecule has 0 fully saturated rings. The largest absolute Gasteiger partial charge is 0.329 e. The second-order valence-electron chi connectivity index (χ2n) is 6.41. The second-order valence-corrected chi connectivity index (χ2v) is 6.82. The number of aromatic nitrogens is 2. The van der Waals surface area contributed by atoms with Gasteiger partial charge in [0.2, 0.25) is 0 Å². The Morgan fingerprint density at radius 3 is 2.43 bits per heavy atom. The Hall–Kier alpha value is -3.95. The lowest BCUT2D eigenvalue weighted by molar-refractivity contribution is 0.102. The van der Waals surface area contributed by atoms with E-state index in [-0.39, 0.29) is 28.0 Å². The van der Waals surface area contributed by atoms with Crippen LogP contribution < -0.4 is 5.32 Å². The van der Waals surface area contributed by atoms with Crippen molar-refractivity contribution in [1.82, 2.24) is 9.97 Å². The van der Waals surface area contributed by atoms with E-state index in [1.165, 1.54) is 12.1 Å². The first-order valence-corrected chi connectivity index (χ1v) is 9.36. The van der Waals surface area contributed by atoms with E-state index in [2.05, 4.69) is 15.3 Å². The molecule has 0 atom stereocenters. The zero-order valence-electron chi connectivity index (χ0n) is 15.5. The molecule has 1 amide bonds. The minimum atomic E-state index is -0.536. The number of hydrogen-bond acceptors (Lipinski definition) is 3. The minimum absolute atomic E-state index is 0.105. The predicted molar refractivity (Wildman–Crippen MR) is 114 cm³/mol. The predicted octanol–water partition coefficient (Wildman–Crippen LogP) is 5.66. The van der Waals surface area contributed by atoms with Crippen LogP contribution in [0.2, 0.25) is 5.02 Å². The van der Waals surface area contributed by atoms with Crippen LogP contribution in [-0.2, 0) is 0 Å². The number of rotatable bonds is 4. The highest BCUT2D eigenvalue weighted by molar-refractivity contribution is 6.33. The SMILES string of the molecule is N#Cc1[nH]c(-c2c(F)cccc2Cl)nc1-c1ccc(NC(=O)c2ccccc2)cc1. The monoisotopic (exact) mass is 416 g/mol. The molecule has 0 aliphatic rings. The van der Waals surface area contributed by atoms with Gasteiger partial charge in [0.25, 0.3) is 5.91 Å². The van der Waals surface area contributed by atoms with Crippen LogP contribution in [0.1, 0.15) is 16.1 Å². The van der Waals surface area contributed by atoms with E-state index in [9.17, 15) is 14.4 Å². The molecule has 1 heterocycles. The molecule has 30 heavy (non-hydrogen) atoms. The van der Waals surface area contributed by atoms with Crippen LogP contribution in [0, 0.1) is 17.1 Å². The molecule has 5 nitrogen and oxygen atoms in total. The third-order valence-electron chi connectivity index (χ3n) is 4.47. The molecule has 4 aromatic rings. The van der Waals surface area contributed by atoms with Crippen molar-refractivity contribution in [2.75, 3.05) is 5.32 Å². The highest BCUT2D eigenvalue weighted by Gasteiger charge is 2.18. The number of imidazole rings is 1. The Kier molecular flexibility index (Phi) is 5.29. The number of nitrogens with one attached hydrogen (secondary N) is 2. The number of carbonyl (C=O) groups is 1. The average Bonchev–Trinajstić information content (AvgIpc) is 3.19. The lowest BCUT2D eigenvalue weighted by atomic mass is 10.1. The standard InChI is InChI=1S/C23H14ClFN4O/c24-17-7-4-8-18(25)20(17)22-28-19(13-26)21(29-22)14-9-11-16(12-10-14)27-23(30)15-5-2-1-3-6-15/h1-12H,(H,27,30)(H,28,29). The number of aromatic amines is 1. The van der Waals surface area contributed by atoms with Crippen LogP contribution in [0.15, 0.2) is 72.8 Å². The number of hydrogen-bond donors (Lipinski definition) is 2. The van der Waals surface area contributed by atoms with Crippen molar-refractivity contribution in [1.29, 1.82) is 5.26 Å². The van der Waals surface area contributed by atoms with Crippen LogP contribution in [0.25, 0.3) is 22.6 Å². The highest BCUT2D eigenvalue weighted by Crippen LogP contribution is 2.32. The second kappa shape index (κ2) is 8.19. The highest BCUT2D eigenvalue weighted by atomic mass is 35.5. The van der Waals surface area contributed by atoms with Crippen LogP contribution in [-0.4, -0.2) is 15.9 Å². The molecule has 0 spiro atoms.